The van der Waals surface area contributed by atoms with Crippen molar-refractivity contribution < 1.29 is 0 Å². The first-order chi connectivity index (χ1) is 8.92. The Hall–Kier alpha value is -1.28. The summed E-state index contributed by atoms with van der Waals surface area (Å²) in [6, 6.07) is 7.55. The second-order valence-electron chi connectivity index (χ2n) is 5.76. The Balaban J connectivity index is 1.79. The number of benzene rings is 1. The highest BCUT2D eigenvalue weighted by Crippen LogP contribution is 2.30. The Kier molecular flexibility index (Phi) is 2.44. The lowest BCUT2D eigenvalue weighted by molar-refractivity contribution is 0.599. The minimum absolute atomic E-state index is 0.702. The monoisotopic (exact) mass is 240 g/mol. The van der Waals surface area contributed by atoms with Crippen LogP contribution in [0.1, 0.15) is 30.4 Å². The fourth-order valence-corrected chi connectivity index (χ4v) is 3.69. The number of rotatable bonds is 2. The molecule has 0 radical (unpaired) electrons. The molecule has 18 heavy (non-hydrogen) atoms. The van der Waals surface area contributed by atoms with Gasteiger partial charge in [0.1, 0.15) is 0 Å². The summed E-state index contributed by atoms with van der Waals surface area (Å²) in [6.07, 6.45) is 8.84. The van der Waals surface area contributed by atoms with Crippen molar-refractivity contribution in [3.05, 3.63) is 35.5 Å². The maximum Gasteiger partial charge on any atom is 0.0515 e. The first-order valence-corrected chi connectivity index (χ1v) is 7.25. The van der Waals surface area contributed by atoms with Crippen molar-refractivity contribution in [1.82, 2.24) is 9.88 Å². The van der Waals surface area contributed by atoms with Gasteiger partial charge in [0.05, 0.1) is 5.52 Å². The molecule has 3 heterocycles. The number of nitrogens with zero attached hydrogens (tertiary/aromatic N) is 1. The van der Waals surface area contributed by atoms with Gasteiger partial charge in [0.2, 0.25) is 0 Å². The minimum atomic E-state index is 0.702. The Labute approximate surface area is 108 Å². The number of aryl methyl sites for hydroxylation is 2. The van der Waals surface area contributed by atoms with Gasteiger partial charge in [-0.1, -0.05) is 18.2 Å². The summed E-state index contributed by atoms with van der Waals surface area (Å²) < 4.78 is 2.48. The molecule has 0 saturated carbocycles. The Morgan fingerprint density at radius 2 is 2.28 bits per heavy atom. The molecule has 2 aliphatic rings. The lowest BCUT2D eigenvalue weighted by Crippen LogP contribution is -2.23. The van der Waals surface area contributed by atoms with Crippen LogP contribution < -0.4 is 5.32 Å². The third-order valence-electron chi connectivity index (χ3n) is 4.54. The van der Waals surface area contributed by atoms with E-state index in [9.17, 15) is 0 Å². The molecule has 4 rings (SSSR count). The second kappa shape index (κ2) is 4.13. The maximum atomic E-state index is 3.62. The van der Waals surface area contributed by atoms with Crippen LogP contribution >= 0.6 is 0 Å². The highest BCUT2D eigenvalue weighted by atomic mass is 15.0. The number of hydrogen-bond acceptors (Lipinski definition) is 1. The van der Waals surface area contributed by atoms with E-state index < -0.39 is 0 Å². The Morgan fingerprint density at radius 3 is 3.17 bits per heavy atom. The summed E-state index contributed by atoms with van der Waals surface area (Å²) in [5.41, 5.74) is 4.61. The number of nitrogens with one attached hydrogen (secondary N) is 1. The summed E-state index contributed by atoms with van der Waals surface area (Å²) in [5, 5.41) is 5.12. The lowest BCUT2D eigenvalue weighted by atomic mass is 10.00. The van der Waals surface area contributed by atoms with E-state index >= 15 is 0 Å². The van der Waals surface area contributed by atoms with E-state index in [1.807, 2.05) is 0 Å². The molecular weight excluding hydrogens is 220 g/mol. The Bertz CT molecular complexity index is 576. The molecule has 0 bridgehead atoms. The molecule has 0 amide bonds. The minimum Gasteiger partial charge on any atom is -0.347 e. The predicted octanol–water partition coefficient (Wildman–Crippen LogP) is 2.88. The van der Waals surface area contributed by atoms with E-state index in [1.54, 1.807) is 11.1 Å². The number of aromatic nitrogens is 1. The average Bonchev–Trinajstić information content (AvgIpc) is 3.01. The molecule has 1 aromatic heterocycles. The highest BCUT2D eigenvalue weighted by molar-refractivity contribution is 5.87. The molecule has 2 aliphatic heterocycles. The quantitative estimate of drug-likeness (QED) is 0.854. The maximum absolute atomic E-state index is 3.62. The smallest absolute Gasteiger partial charge is 0.0515 e. The van der Waals surface area contributed by atoms with Gasteiger partial charge in [-0.25, -0.2) is 0 Å². The molecule has 1 aromatic carbocycles. The molecule has 0 spiro atoms. The van der Waals surface area contributed by atoms with Gasteiger partial charge in [0.25, 0.3) is 0 Å². The summed E-state index contributed by atoms with van der Waals surface area (Å²) in [4.78, 5) is 0. The SMILES string of the molecule is c1cc2c3c(c1)c(CC1CCCN1)cn3CCC2. The van der Waals surface area contributed by atoms with Crippen molar-refractivity contribution >= 4 is 10.9 Å². The molecule has 1 atom stereocenters. The van der Waals surface area contributed by atoms with E-state index in [0.717, 1.165) is 0 Å². The molecule has 94 valence electrons. The first kappa shape index (κ1) is 10.6. The molecule has 2 aromatic rings. The van der Waals surface area contributed by atoms with Crippen molar-refractivity contribution in [3.8, 4) is 0 Å². The molecule has 0 aliphatic carbocycles. The van der Waals surface area contributed by atoms with Gasteiger partial charge in [-0.2, -0.15) is 0 Å². The molecule has 2 nitrogen and oxygen atoms in total. The van der Waals surface area contributed by atoms with Crippen molar-refractivity contribution in [2.45, 2.75) is 44.7 Å². The summed E-state index contributed by atoms with van der Waals surface area (Å²) in [5.74, 6) is 0. The van der Waals surface area contributed by atoms with Gasteiger partial charge in [-0.15, -0.1) is 0 Å². The van der Waals surface area contributed by atoms with Crippen LogP contribution in [-0.4, -0.2) is 17.2 Å². The van der Waals surface area contributed by atoms with Gasteiger partial charge in [-0.05, 0) is 49.8 Å². The molecule has 1 unspecified atom stereocenters. The fourth-order valence-electron chi connectivity index (χ4n) is 3.69. The van der Waals surface area contributed by atoms with Gasteiger partial charge in [-0.3, -0.25) is 0 Å². The number of hydrogen-bond donors (Lipinski definition) is 1. The summed E-state index contributed by atoms with van der Waals surface area (Å²) in [6.45, 7) is 2.40. The number of para-hydroxylation sites is 1. The molecular formula is C16H20N2. The highest BCUT2D eigenvalue weighted by Gasteiger charge is 2.19. The van der Waals surface area contributed by atoms with Crippen molar-refractivity contribution in [2.24, 2.45) is 0 Å². The van der Waals surface area contributed by atoms with Crippen LogP contribution in [0.25, 0.3) is 10.9 Å². The van der Waals surface area contributed by atoms with Crippen LogP contribution in [0.4, 0.5) is 0 Å². The topological polar surface area (TPSA) is 17.0 Å². The van der Waals surface area contributed by atoms with Crippen LogP contribution in [-0.2, 0) is 19.4 Å². The van der Waals surface area contributed by atoms with Crippen LogP contribution in [0.3, 0.4) is 0 Å². The summed E-state index contributed by atoms with van der Waals surface area (Å²) in [7, 11) is 0. The van der Waals surface area contributed by atoms with Crippen LogP contribution in [0.15, 0.2) is 24.4 Å². The zero-order chi connectivity index (χ0) is 11.9. The lowest BCUT2D eigenvalue weighted by Gasteiger charge is -2.14. The predicted molar refractivity (Wildman–Crippen MR) is 75.0 cm³/mol. The van der Waals surface area contributed by atoms with Crippen molar-refractivity contribution in [1.29, 1.82) is 0 Å². The van der Waals surface area contributed by atoms with E-state index in [0.29, 0.717) is 6.04 Å². The van der Waals surface area contributed by atoms with Crippen molar-refractivity contribution in [3.63, 3.8) is 0 Å². The van der Waals surface area contributed by atoms with Gasteiger partial charge >= 0.3 is 0 Å². The summed E-state index contributed by atoms with van der Waals surface area (Å²) >= 11 is 0. The zero-order valence-electron chi connectivity index (χ0n) is 10.8. The molecule has 1 fully saturated rings. The standard InChI is InChI=1S/C16H20N2/c1-4-12-5-3-9-18-11-13(15(7-1)16(12)18)10-14-6-2-8-17-14/h1,4,7,11,14,17H,2-3,5-6,8-10H2. The van der Waals surface area contributed by atoms with Gasteiger partial charge < -0.3 is 9.88 Å². The average molecular weight is 240 g/mol. The normalized spacial score (nSPS) is 22.8. The third-order valence-corrected chi connectivity index (χ3v) is 4.54. The van der Waals surface area contributed by atoms with E-state index in [-0.39, 0.29) is 0 Å². The first-order valence-electron chi connectivity index (χ1n) is 7.25. The van der Waals surface area contributed by atoms with Crippen LogP contribution in [0.5, 0.6) is 0 Å². The van der Waals surface area contributed by atoms with Crippen molar-refractivity contribution in [2.75, 3.05) is 6.54 Å². The molecule has 1 N–H and O–H groups in total. The van der Waals surface area contributed by atoms with Gasteiger partial charge in [0, 0.05) is 24.2 Å². The van der Waals surface area contributed by atoms with E-state index in [2.05, 4.69) is 34.3 Å². The van der Waals surface area contributed by atoms with Gasteiger partial charge in [0.15, 0.2) is 0 Å². The Morgan fingerprint density at radius 1 is 1.28 bits per heavy atom. The fraction of sp³-hybridized carbons (Fsp3) is 0.500. The molecule has 2 heteroatoms. The largest absolute Gasteiger partial charge is 0.347 e. The molecule has 1 saturated heterocycles. The van der Waals surface area contributed by atoms with Crippen LogP contribution in [0, 0.1) is 0 Å². The van der Waals surface area contributed by atoms with Crippen LogP contribution in [0.2, 0.25) is 0 Å². The van der Waals surface area contributed by atoms with E-state index in [4.69, 9.17) is 0 Å². The van der Waals surface area contributed by atoms with E-state index in [1.165, 1.54) is 56.1 Å². The second-order valence-corrected chi connectivity index (χ2v) is 5.76. The third kappa shape index (κ3) is 1.59. The zero-order valence-corrected chi connectivity index (χ0v) is 10.8.